The number of nitrogens with two attached hydrogens (primary N) is 1. The molecule has 0 saturated carbocycles. The summed E-state index contributed by atoms with van der Waals surface area (Å²) < 4.78 is 5.78. The summed E-state index contributed by atoms with van der Waals surface area (Å²) in [6, 6.07) is 7.42. The number of halogens is 1. The molecular formula is C14H20BrNO2. The second kappa shape index (κ2) is 6.90. The number of methoxy groups -OCH3 is 1. The molecule has 0 heterocycles. The largest absolute Gasteiger partial charge is 0.468 e. The topological polar surface area (TPSA) is 52.3 Å². The monoisotopic (exact) mass is 313 g/mol. The molecule has 0 aromatic heterocycles. The molecule has 0 aliphatic carbocycles. The molecule has 0 saturated heterocycles. The van der Waals surface area contributed by atoms with Crippen LogP contribution in [0.1, 0.15) is 19.4 Å². The Morgan fingerprint density at radius 3 is 2.50 bits per heavy atom. The average Bonchev–Trinajstić information content (AvgIpc) is 2.35. The number of ether oxygens (including phenoxy) is 1. The predicted octanol–water partition coefficient (Wildman–Crippen LogP) is 2.76. The first kappa shape index (κ1) is 15.2. The van der Waals surface area contributed by atoms with Gasteiger partial charge in [0.2, 0.25) is 0 Å². The summed E-state index contributed by atoms with van der Waals surface area (Å²) in [5.74, 6) is 0.0307. The van der Waals surface area contributed by atoms with Crippen LogP contribution >= 0.6 is 15.9 Å². The van der Waals surface area contributed by atoms with E-state index in [0.29, 0.717) is 5.92 Å². The number of esters is 1. The maximum Gasteiger partial charge on any atom is 0.322 e. The molecule has 4 heteroatoms. The molecule has 3 nitrogen and oxygen atoms in total. The number of benzene rings is 1. The van der Waals surface area contributed by atoms with Crippen LogP contribution < -0.4 is 5.73 Å². The second-order valence-corrected chi connectivity index (χ2v) is 5.61. The molecule has 1 aromatic rings. The van der Waals surface area contributed by atoms with Crippen LogP contribution in [-0.4, -0.2) is 19.1 Å². The van der Waals surface area contributed by atoms with Gasteiger partial charge in [0.15, 0.2) is 0 Å². The van der Waals surface area contributed by atoms with Crippen molar-refractivity contribution in [2.45, 2.75) is 26.3 Å². The zero-order valence-corrected chi connectivity index (χ0v) is 12.6. The van der Waals surface area contributed by atoms with Crippen LogP contribution in [-0.2, 0) is 16.0 Å². The predicted molar refractivity (Wildman–Crippen MR) is 76.2 cm³/mol. The van der Waals surface area contributed by atoms with Gasteiger partial charge in [-0.05, 0) is 29.9 Å². The van der Waals surface area contributed by atoms with Crippen molar-refractivity contribution in [3.63, 3.8) is 0 Å². The zero-order valence-electron chi connectivity index (χ0n) is 11.0. The summed E-state index contributed by atoms with van der Waals surface area (Å²) in [4.78, 5) is 11.6. The Kier molecular flexibility index (Phi) is 5.82. The highest BCUT2D eigenvalue weighted by molar-refractivity contribution is 9.10. The van der Waals surface area contributed by atoms with Gasteiger partial charge < -0.3 is 10.5 Å². The Labute approximate surface area is 117 Å². The summed E-state index contributed by atoms with van der Waals surface area (Å²) in [7, 11) is 1.37. The summed E-state index contributed by atoms with van der Waals surface area (Å²) in [5.41, 5.74) is 7.14. The Bertz CT molecular complexity index is 407. The van der Waals surface area contributed by atoms with Crippen molar-refractivity contribution in [3.8, 4) is 0 Å². The van der Waals surface area contributed by atoms with Crippen molar-refractivity contribution in [1.29, 1.82) is 0 Å². The van der Waals surface area contributed by atoms with Crippen LogP contribution in [0.2, 0.25) is 0 Å². The van der Waals surface area contributed by atoms with Gasteiger partial charge in [0.1, 0.15) is 6.04 Å². The molecule has 0 radical (unpaired) electrons. The lowest BCUT2D eigenvalue weighted by Crippen LogP contribution is -2.42. The van der Waals surface area contributed by atoms with E-state index < -0.39 is 6.04 Å². The van der Waals surface area contributed by atoms with E-state index in [1.54, 1.807) is 0 Å². The zero-order chi connectivity index (χ0) is 13.7. The van der Waals surface area contributed by atoms with E-state index in [1.165, 1.54) is 7.11 Å². The lowest BCUT2D eigenvalue weighted by Gasteiger charge is -2.26. The molecule has 2 N–H and O–H groups in total. The molecule has 0 bridgehead atoms. The molecule has 2 atom stereocenters. The van der Waals surface area contributed by atoms with E-state index in [-0.39, 0.29) is 11.9 Å². The van der Waals surface area contributed by atoms with Crippen LogP contribution in [0.5, 0.6) is 0 Å². The van der Waals surface area contributed by atoms with Gasteiger partial charge in [-0.15, -0.1) is 0 Å². The summed E-state index contributed by atoms with van der Waals surface area (Å²) in [6.07, 6.45) is 0.759. The van der Waals surface area contributed by atoms with E-state index in [4.69, 9.17) is 10.5 Å². The molecule has 0 amide bonds. The smallest absolute Gasteiger partial charge is 0.322 e. The fourth-order valence-electron chi connectivity index (χ4n) is 2.01. The van der Waals surface area contributed by atoms with E-state index in [2.05, 4.69) is 29.8 Å². The third kappa shape index (κ3) is 3.82. The van der Waals surface area contributed by atoms with E-state index >= 15 is 0 Å². The maximum atomic E-state index is 11.6. The van der Waals surface area contributed by atoms with Crippen LogP contribution in [0.25, 0.3) is 0 Å². The van der Waals surface area contributed by atoms with Gasteiger partial charge in [-0.3, -0.25) is 4.79 Å². The molecule has 18 heavy (non-hydrogen) atoms. The van der Waals surface area contributed by atoms with Crippen LogP contribution in [0.3, 0.4) is 0 Å². The molecule has 0 spiro atoms. The number of hydrogen-bond acceptors (Lipinski definition) is 3. The Morgan fingerprint density at radius 1 is 1.39 bits per heavy atom. The van der Waals surface area contributed by atoms with Gasteiger partial charge in [0.05, 0.1) is 7.11 Å². The quantitative estimate of drug-likeness (QED) is 0.850. The van der Waals surface area contributed by atoms with Crippen molar-refractivity contribution in [3.05, 3.63) is 34.3 Å². The maximum absolute atomic E-state index is 11.6. The molecule has 0 aliphatic rings. The van der Waals surface area contributed by atoms with E-state index in [0.717, 1.165) is 16.5 Å². The Morgan fingerprint density at radius 2 is 2.00 bits per heavy atom. The minimum atomic E-state index is -0.581. The number of hydrogen-bond donors (Lipinski definition) is 1. The van der Waals surface area contributed by atoms with E-state index in [9.17, 15) is 4.79 Å². The Balaban J connectivity index is 2.88. The first-order valence-electron chi connectivity index (χ1n) is 6.04. The van der Waals surface area contributed by atoms with Gasteiger partial charge in [-0.2, -0.15) is 0 Å². The minimum Gasteiger partial charge on any atom is -0.468 e. The number of carbonyl (C=O) groups is 1. The van der Waals surface area contributed by atoms with Crippen molar-refractivity contribution < 1.29 is 9.53 Å². The first-order valence-corrected chi connectivity index (χ1v) is 6.83. The first-order chi connectivity index (χ1) is 8.47. The third-order valence-electron chi connectivity index (χ3n) is 3.20. The van der Waals surface area contributed by atoms with Crippen LogP contribution in [0.15, 0.2) is 28.7 Å². The summed E-state index contributed by atoms with van der Waals surface area (Å²) in [5, 5.41) is 0. The van der Waals surface area contributed by atoms with Crippen molar-refractivity contribution in [2.24, 2.45) is 17.6 Å². The van der Waals surface area contributed by atoms with E-state index in [1.807, 2.05) is 24.3 Å². The van der Waals surface area contributed by atoms with Crippen molar-refractivity contribution >= 4 is 21.9 Å². The van der Waals surface area contributed by atoms with Gasteiger partial charge in [0, 0.05) is 4.47 Å². The third-order valence-corrected chi connectivity index (χ3v) is 3.98. The molecule has 100 valence electrons. The highest BCUT2D eigenvalue weighted by Crippen LogP contribution is 2.25. The SMILES string of the molecule is COC(=O)C(N)C(Cc1ccccc1Br)C(C)C. The van der Waals surface area contributed by atoms with Gasteiger partial charge in [-0.1, -0.05) is 48.0 Å². The van der Waals surface area contributed by atoms with Gasteiger partial charge in [-0.25, -0.2) is 0 Å². The standard InChI is InChI=1S/C14H20BrNO2/c1-9(2)11(13(16)14(17)18-3)8-10-6-4-5-7-12(10)15/h4-7,9,11,13H,8,16H2,1-3H3. The normalized spacial score (nSPS) is 14.3. The number of carbonyl (C=O) groups excluding carboxylic acids is 1. The minimum absolute atomic E-state index is 0.0659. The van der Waals surface area contributed by atoms with Crippen molar-refractivity contribution in [1.82, 2.24) is 0 Å². The molecule has 0 fully saturated rings. The molecule has 1 aromatic carbocycles. The molecule has 1 rings (SSSR count). The fourth-order valence-corrected chi connectivity index (χ4v) is 2.45. The molecule has 2 unspecified atom stereocenters. The van der Waals surface area contributed by atoms with Crippen molar-refractivity contribution in [2.75, 3.05) is 7.11 Å². The second-order valence-electron chi connectivity index (χ2n) is 4.75. The van der Waals surface area contributed by atoms with Crippen LogP contribution in [0, 0.1) is 11.8 Å². The summed E-state index contributed by atoms with van der Waals surface area (Å²) in [6.45, 7) is 4.15. The van der Waals surface area contributed by atoms with Gasteiger partial charge in [0.25, 0.3) is 0 Å². The lowest BCUT2D eigenvalue weighted by atomic mass is 9.83. The lowest BCUT2D eigenvalue weighted by molar-refractivity contribution is -0.144. The average molecular weight is 314 g/mol. The molecular weight excluding hydrogens is 294 g/mol. The summed E-state index contributed by atoms with van der Waals surface area (Å²) >= 11 is 3.52. The van der Waals surface area contributed by atoms with Gasteiger partial charge >= 0.3 is 5.97 Å². The highest BCUT2D eigenvalue weighted by atomic mass is 79.9. The Hall–Kier alpha value is -0.870. The highest BCUT2D eigenvalue weighted by Gasteiger charge is 2.28. The fraction of sp³-hybridized carbons (Fsp3) is 0.500. The molecule has 0 aliphatic heterocycles. The van der Waals surface area contributed by atoms with Crippen LogP contribution in [0.4, 0.5) is 0 Å². The number of rotatable bonds is 5.